The number of benzene rings is 1. The van der Waals surface area contributed by atoms with Crippen LogP contribution in [0, 0.1) is 0 Å². The van der Waals surface area contributed by atoms with Crippen molar-refractivity contribution < 1.29 is 9.47 Å². The summed E-state index contributed by atoms with van der Waals surface area (Å²) in [6.45, 7) is 7.22. The first-order valence-corrected chi connectivity index (χ1v) is 7.13. The molecule has 1 heterocycles. The molecule has 2 rings (SSSR count). The summed E-state index contributed by atoms with van der Waals surface area (Å²) in [5.74, 6) is -0.483. The van der Waals surface area contributed by atoms with Crippen LogP contribution in [0.2, 0.25) is 10.0 Å². The van der Waals surface area contributed by atoms with Gasteiger partial charge in [0.2, 0.25) is 0 Å². The number of rotatable bonds is 4. The predicted molar refractivity (Wildman–Crippen MR) is 77.8 cm³/mol. The summed E-state index contributed by atoms with van der Waals surface area (Å²) in [4.78, 5) is 0. The second-order valence-electron chi connectivity index (χ2n) is 5.25. The van der Waals surface area contributed by atoms with Crippen LogP contribution in [0.1, 0.15) is 32.4 Å². The van der Waals surface area contributed by atoms with E-state index in [0.29, 0.717) is 23.2 Å². The molecule has 0 aromatic heterocycles. The minimum absolute atomic E-state index is 0.0652. The summed E-state index contributed by atoms with van der Waals surface area (Å²) in [5, 5.41) is 4.80. The maximum absolute atomic E-state index is 6.18. The SMILES string of the molecule is CC(NCC1COC(C)(C)O1)c1cc(Cl)ccc1Cl. The van der Waals surface area contributed by atoms with Crippen LogP contribution in [0.5, 0.6) is 0 Å². The minimum Gasteiger partial charge on any atom is -0.348 e. The first-order chi connectivity index (χ1) is 8.87. The molecule has 0 aliphatic carbocycles. The first-order valence-electron chi connectivity index (χ1n) is 6.37. The van der Waals surface area contributed by atoms with Crippen LogP contribution in [-0.2, 0) is 9.47 Å². The second-order valence-corrected chi connectivity index (χ2v) is 6.09. The Morgan fingerprint density at radius 2 is 2.16 bits per heavy atom. The van der Waals surface area contributed by atoms with Crippen LogP contribution < -0.4 is 5.32 Å². The third kappa shape index (κ3) is 4.07. The largest absolute Gasteiger partial charge is 0.348 e. The lowest BCUT2D eigenvalue weighted by Crippen LogP contribution is -2.32. The lowest BCUT2D eigenvalue weighted by atomic mass is 10.1. The van der Waals surface area contributed by atoms with E-state index in [2.05, 4.69) is 12.2 Å². The Balaban J connectivity index is 1.91. The highest BCUT2D eigenvalue weighted by Gasteiger charge is 2.32. The highest BCUT2D eigenvalue weighted by Crippen LogP contribution is 2.27. The predicted octanol–water partition coefficient (Wildman–Crippen LogP) is 3.80. The Labute approximate surface area is 124 Å². The van der Waals surface area contributed by atoms with Gasteiger partial charge in [-0.3, -0.25) is 0 Å². The fourth-order valence-corrected chi connectivity index (χ4v) is 2.59. The summed E-state index contributed by atoms with van der Waals surface area (Å²) < 4.78 is 11.3. The summed E-state index contributed by atoms with van der Waals surface area (Å²) in [6, 6.07) is 5.60. The smallest absolute Gasteiger partial charge is 0.163 e. The van der Waals surface area contributed by atoms with Gasteiger partial charge in [0.15, 0.2) is 5.79 Å². The van der Waals surface area contributed by atoms with Crippen molar-refractivity contribution >= 4 is 23.2 Å². The molecule has 0 spiro atoms. The molecule has 1 aromatic carbocycles. The zero-order valence-corrected chi connectivity index (χ0v) is 12.9. The summed E-state index contributed by atoms with van der Waals surface area (Å²) in [6.07, 6.45) is 0.0652. The Hall–Kier alpha value is -0.320. The van der Waals surface area contributed by atoms with Gasteiger partial charge in [0.05, 0.1) is 12.7 Å². The number of hydrogen-bond donors (Lipinski definition) is 1. The molecule has 1 saturated heterocycles. The van der Waals surface area contributed by atoms with E-state index in [1.807, 2.05) is 26.0 Å². The van der Waals surface area contributed by atoms with Crippen LogP contribution in [0.3, 0.4) is 0 Å². The molecule has 1 N–H and O–H groups in total. The van der Waals surface area contributed by atoms with Gasteiger partial charge in [0.25, 0.3) is 0 Å². The van der Waals surface area contributed by atoms with E-state index in [1.54, 1.807) is 6.07 Å². The van der Waals surface area contributed by atoms with Crippen LogP contribution in [0.4, 0.5) is 0 Å². The molecule has 1 fully saturated rings. The van der Waals surface area contributed by atoms with Gasteiger partial charge in [0, 0.05) is 22.6 Å². The second kappa shape index (κ2) is 5.98. The van der Waals surface area contributed by atoms with Crippen molar-refractivity contribution in [3.8, 4) is 0 Å². The fourth-order valence-electron chi connectivity index (χ4n) is 2.13. The third-order valence-corrected chi connectivity index (χ3v) is 3.72. The molecule has 0 bridgehead atoms. The van der Waals surface area contributed by atoms with E-state index >= 15 is 0 Å². The molecule has 5 heteroatoms. The van der Waals surface area contributed by atoms with E-state index < -0.39 is 5.79 Å². The Bertz CT molecular complexity index is 451. The van der Waals surface area contributed by atoms with Gasteiger partial charge >= 0.3 is 0 Å². The highest BCUT2D eigenvalue weighted by molar-refractivity contribution is 6.33. The van der Waals surface area contributed by atoms with E-state index in [0.717, 1.165) is 5.56 Å². The molecule has 0 saturated carbocycles. The average molecular weight is 304 g/mol. The van der Waals surface area contributed by atoms with Gasteiger partial charge in [-0.1, -0.05) is 23.2 Å². The molecular weight excluding hydrogens is 285 g/mol. The van der Waals surface area contributed by atoms with Crippen LogP contribution in [0.15, 0.2) is 18.2 Å². The number of hydrogen-bond acceptors (Lipinski definition) is 3. The molecular formula is C14H19Cl2NO2. The zero-order chi connectivity index (χ0) is 14.0. The van der Waals surface area contributed by atoms with Crippen molar-refractivity contribution in [3.05, 3.63) is 33.8 Å². The molecule has 1 aromatic rings. The standard InChI is InChI=1S/C14H19Cl2NO2/c1-9(12-6-10(15)4-5-13(12)16)17-7-11-8-18-14(2,3)19-11/h4-6,9,11,17H,7-8H2,1-3H3. The van der Waals surface area contributed by atoms with Crippen LogP contribution >= 0.6 is 23.2 Å². The molecule has 106 valence electrons. The van der Waals surface area contributed by atoms with Crippen molar-refractivity contribution in [3.63, 3.8) is 0 Å². The number of ether oxygens (including phenoxy) is 2. The summed E-state index contributed by atoms with van der Waals surface area (Å²) in [5.41, 5.74) is 0.993. The van der Waals surface area contributed by atoms with Gasteiger partial charge < -0.3 is 14.8 Å². The van der Waals surface area contributed by atoms with Crippen molar-refractivity contribution in [2.45, 2.75) is 38.7 Å². The Morgan fingerprint density at radius 1 is 1.42 bits per heavy atom. The Kier molecular flexibility index (Phi) is 4.75. The normalized spacial score (nSPS) is 23.5. The fraction of sp³-hybridized carbons (Fsp3) is 0.571. The van der Waals surface area contributed by atoms with Crippen molar-refractivity contribution in [2.75, 3.05) is 13.2 Å². The van der Waals surface area contributed by atoms with E-state index in [9.17, 15) is 0 Å². The summed E-state index contributed by atoms with van der Waals surface area (Å²) >= 11 is 12.2. The van der Waals surface area contributed by atoms with E-state index in [1.165, 1.54) is 0 Å². The quantitative estimate of drug-likeness (QED) is 0.918. The van der Waals surface area contributed by atoms with Gasteiger partial charge in [-0.25, -0.2) is 0 Å². The van der Waals surface area contributed by atoms with E-state index in [-0.39, 0.29) is 12.1 Å². The highest BCUT2D eigenvalue weighted by atomic mass is 35.5. The molecule has 2 unspecified atom stereocenters. The maximum atomic E-state index is 6.18. The molecule has 0 radical (unpaired) electrons. The van der Waals surface area contributed by atoms with Crippen LogP contribution in [-0.4, -0.2) is 25.0 Å². The minimum atomic E-state index is -0.483. The van der Waals surface area contributed by atoms with E-state index in [4.69, 9.17) is 32.7 Å². The lowest BCUT2D eigenvalue weighted by Gasteiger charge is -2.20. The van der Waals surface area contributed by atoms with Crippen LogP contribution in [0.25, 0.3) is 0 Å². The van der Waals surface area contributed by atoms with Crippen molar-refractivity contribution in [1.29, 1.82) is 0 Å². The van der Waals surface area contributed by atoms with Gasteiger partial charge in [-0.05, 0) is 44.5 Å². The topological polar surface area (TPSA) is 30.5 Å². The molecule has 0 amide bonds. The zero-order valence-electron chi connectivity index (χ0n) is 11.4. The van der Waals surface area contributed by atoms with Gasteiger partial charge in [-0.15, -0.1) is 0 Å². The number of halogens is 2. The van der Waals surface area contributed by atoms with Crippen molar-refractivity contribution in [2.24, 2.45) is 0 Å². The Morgan fingerprint density at radius 3 is 2.79 bits per heavy atom. The lowest BCUT2D eigenvalue weighted by molar-refractivity contribution is -0.137. The molecule has 3 nitrogen and oxygen atoms in total. The third-order valence-electron chi connectivity index (χ3n) is 3.14. The molecule has 2 atom stereocenters. The summed E-state index contributed by atoms with van der Waals surface area (Å²) in [7, 11) is 0. The monoisotopic (exact) mass is 303 g/mol. The van der Waals surface area contributed by atoms with Gasteiger partial charge in [-0.2, -0.15) is 0 Å². The molecule has 1 aliphatic rings. The molecule has 1 aliphatic heterocycles. The maximum Gasteiger partial charge on any atom is 0.163 e. The number of nitrogens with one attached hydrogen (secondary N) is 1. The van der Waals surface area contributed by atoms with Crippen molar-refractivity contribution in [1.82, 2.24) is 5.32 Å². The molecule has 19 heavy (non-hydrogen) atoms. The van der Waals surface area contributed by atoms with Gasteiger partial charge in [0.1, 0.15) is 0 Å². The average Bonchev–Trinajstić information content (AvgIpc) is 2.69. The first kappa shape index (κ1) is 15.1.